The number of anilines is 2. The SMILES string of the molecule is CCOC(=O)c1ccc(N2C(=O)CC(SC(=NC)Nc3ccc(C(=O)OC)cc3)C2=O)cc1. The molecule has 1 saturated heterocycles. The molecule has 1 aliphatic rings. The molecule has 10 heteroatoms. The van der Waals surface area contributed by atoms with E-state index in [-0.39, 0.29) is 24.8 Å². The molecule has 1 atom stereocenters. The molecule has 1 unspecified atom stereocenters. The van der Waals surface area contributed by atoms with Gasteiger partial charge in [0.1, 0.15) is 5.25 Å². The fraction of sp³-hybridized carbons (Fsp3) is 0.261. The molecule has 1 fully saturated rings. The Hall–Kier alpha value is -3.66. The number of amides is 2. The summed E-state index contributed by atoms with van der Waals surface area (Å²) >= 11 is 1.15. The summed E-state index contributed by atoms with van der Waals surface area (Å²) in [7, 11) is 2.89. The second-order valence-electron chi connectivity index (χ2n) is 6.87. The minimum absolute atomic E-state index is 0.0190. The van der Waals surface area contributed by atoms with E-state index in [9.17, 15) is 19.2 Å². The topological polar surface area (TPSA) is 114 Å². The summed E-state index contributed by atoms with van der Waals surface area (Å²) in [6.45, 7) is 1.97. The van der Waals surface area contributed by atoms with Crippen molar-refractivity contribution in [1.29, 1.82) is 0 Å². The lowest BCUT2D eigenvalue weighted by atomic mass is 10.2. The van der Waals surface area contributed by atoms with Gasteiger partial charge in [-0.15, -0.1) is 0 Å². The maximum atomic E-state index is 13.0. The van der Waals surface area contributed by atoms with Gasteiger partial charge in [-0.1, -0.05) is 11.8 Å². The number of hydrogen-bond donors (Lipinski definition) is 1. The van der Waals surface area contributed by atoms with E-state index in [1.807, 2.05) is 0 Å². The highest BCUT2D eigenvalue weighted by Crippen LogP contribution is 2.31. The van der Waals surface area contributed by atoms with Crippen LogP contribution in [0.15, 0.2) is 53.5 Å². The zero-order valence-corrected chi connectivity index (χ0v) is 19.2. The molecule has 1 N–H and O–H groups in total. The number of imide groups is 1. The van der Waals surface area contributed by atoms with Crippen molar-refractivity contribution in [2.45, 2.75) is 18.6 Å². The number of methoxy groups -OCH3 is 1. The van der Waals surface area contributed by atoms with Gasteiger partial charge in [-0.3, -0.25) is 14.6 Å². The first-order valence-electron chi connectivity index (χ1n) is 10.1. The van der Waals surface area contributed by atoms with Crippen LogP contribution in [0.3, 0.4) is 0 Å². The van der Waals surface area contributed by atoms with Gasteiger partial charge in [0.15, 0.2) is 5.17 Å². The molecule has 0 bridgehead atoms. The van der Waals surface area contributed by atoms with Gasteiger partial charge in [0.05, 0.1) is 30.5 Å². The Morgan fingerprint density at radius 2 is 1.67 bits per heavy atom. The number of carbonyl (C=O) groups excluding carboxylic acids is 4. The molecule has 0 radical (unpaired) electrons. The third-order valence-corrected chi connectivity index (χ3v) is 5.92. The normalized spacial score (nSPS) is 16.0. The average molecular weight is 470 g/mol. The predicted octanol–water partition coefficient (Wildman–Crippen LogP) is 3.11. The van der Waals surface area contributed by atoms with Crippen LogP contribution in [0.4, 0.5) is 11.4 Å². The molecule has 0 aliphatic carbocycles. The van der Waals surface area contributed by atoms with Gasteiger partial charge in [0.25, 0.3) is 0 Å². The summed E-state index contributed by atoms with van der Waals surface area (Å²) in [6.07, 6.45) is 0.0190. The number of rotatable bonds is 6. The second-order valence-corrected chi connectivity index (χ2v) is 8.06. The number of hydrogen-bond acceptors (Lipinski definition) is 8. The molecule has 0 saturated carbocycles. The minimum Gasteiger partial charge on any atom is -0.465 e. The first-order chi connectivity index (χ1) is 15.9. The van der Waals surface area contributed by atoms with Crippen LogP contribution in [0.5, 0.6) is 0 Å². The lowest BCUT2D eigenvalue weighted by Crippen LogP contribution is -2.31. The Bertz CT molecular complexity index is 1080. The van der Waals surface area contributed by atoms with Crippen LogP contribution in [0.1, 0.15) is 34.1 Å². The Balaban J connectivity index is 1.67. The highest BCUT2D eigenvalue weighted by Gasteiger charge is 2.40. The van der Waals surface area contributed by atoms with Crippen molar-refractivity contribution in [3.05, 3.63) is 59.7 Å². The van der Waals surface area contributed by atoms with E-state index in [2.05, 4.69) is 15.0 Å². The summed E-state index contributed by atoms with van der Waals surface area (Å²) in [4.78, 5) is 54.2. The van der Waals surface area contributed by atoms with Gasteiger partial charge in [0.2, 0.25) is 11.8 Å². The number of carbonyl (C=O) groups is 4. The van der Waals surface area contributed by atoms with Crippen molar-refractivity contribution in [3.63, 3.8) is 0 Å². The molecule has 9 nitrogen and oxygen atoms in total. The number of nitrogens with zero attached hydrogens (tertiary/aromatic N) is 2. The van der Waals surface area contributed by atoms with Gasteiger partial charge in [-0.05, 0) is 55.5 Å². The van der Waals surface area contributed by atoms with Crippen molar-refractivity contribution in [3.8, 4) is 0 Å². The van der Waals surface area contributed by atoms with Gasteiger partial charge < -0.3 is 14.8 Å². The van der Waals surface area contributed by atoms with Crippen LogP contribution < -0.4 is 10.2 Å². The number of nitrogens with one attached hydrogen (secondary N) is 1. The Labute approximate surface area is 195 Å². The summed E-state index contributed by atoms with van der Waals surface area (Å²) in [6, 6.07) is 12.7. The van der Waals surface area contributed by atoms with Gasteiger partial charge in [0, 0.05) is 19.2 Å². The van der Waals surface area contributed by atoms with E-state index in [1.54, 1.807) is 50.4 Å². The van der Waals surface area contributed by atoms with Crippen molar-refractivity contribution < 1.29 is 28.7 Å². The third kappa shape index (κ3) is 5.58. The van der Waals surface area contributed by atoms with Crippen molar-refractivity contribution >= 4 is 52.1 Å². The molecule has 3 rings (SSSR count). The monoisotopic (exact) mass is 469 g/mol. The summed E-state index contributed by atoms with van der Waals surface area (Å²) < 4.78 is 9.63. The van der Waals surface area contributed by atoms with Gasteiger partial charge in [-0.25, -0.2) is 14.5 Å². The Morgan fingerprint density at radius 1 is 1.06 bits per heavy atom. The maximum absolute atomic E-state index is 13.0. The molecular weight excluding hydrogens is 446 g/mol. The second kappa shape index (κ2) is 10.8. The molecule has 1 heterocycles. The van der Waals surface area contributed by atoms with Gasteiger partial charge >= 0.3 is 11.9 Å². The van der Waals surface area contributed by atoms with Crippen LogP contribution in [-0.2, 0) is 19.1 Å². The zero-order chi connectivity index (χ0) is 24.0. The number of benzene rings is 2. The molecule has 2 aromatic carbocycles. The minimum atomic E-state index is -0.650. The fourth-order valence-corrected chi connectivity index (χ4v) is 4.12. The first-order valence-corrected chi connectivity index (χ1v) is 11.0. The van der Waals surface area contributed by atoms with Crippen molar-refractivity contribution in [2.75, 3.05) is 31.0 Å². The molecule has 1 aliphatic heterocycles. The molecule has 0 aromatic heterocycles. The predicted molar refractivity (Wildman–Crippen MR) is 126 cm³/mol. The van der Waals surface area contributed by atoms with E-state index in [0.29, 0.717) is 27.7 Å². The van der Waals surface area contributed by atoms with Crippen LogP contribution in [0.25, 0.3) is 0 Å². The zero-order valence-electron chi connectivity index (χ0n) is 18.4. The number of aliphatic imine (C=N–C) groups is 1. The van der Waals surface area contributed by atoms with Crippen LogP contribution in [0, 0.1) is 0 Å². The number of amidine groups is 1. The van der Waals surface area contributed by atoms with E-state index >= 15 is 0 Å². The van der Waals surface area contributed by atoms with Crippen molar-refractivity contribution in [2.24, 2.45) is 4.99 Å². The Kier molecular flexibility index (Phi) is 7.83. The summed E-state index contributed by atoms with van der Waals surface area (Å²) in [5, 5.41) is 2.89. The number of ether oxygens (including phenoxy) is 2. The Morgan fingerprint density at radius 3 is 2.24 bits per heavy atom. The average Bonchev–Trinajstić information content (AvgIpc) is 3.11. The molecule has 2 amide bonds. The standard InChI is InChI=1S/C23H23N3O6S/c1-4-32-22(30)15-7-11-17(12-8-15)26-19(27)13-18(20(26)28)33-23(24-2)25-16-9-5-14(6-10-16)21(29)31-3/h5-12,18H,4,13H2,1-3H3,(H,24,25). The summed E-state index contributed by atoms with van der Waals surface area (Å²) in [5.74, 6) is -1.60. The maximum Gasteiger partial charge on any atom is 0.338 e. The largest absolute Gasteiger partial charge is 0.465 e. The lowest BCUT2D eigenvalue weighted by molar-refractivity contribution is -0.121. The highest BCUT2D eigenvalue weighted by atomic mass is 32.2. The molecule has 33 heavy (non-hydrogen) atoms. The fourth-order valence-electron chi connectivity index (χ4n) is 3.13. The van der Waals surface area contributed by atoms with E-state index in [0.717, 1.165) is 16.7 Å². The van der Waals surface area contributed by atoms with E-state index < -0.39 is 17.2 Å². The van der Waals surface area contributed by atoms with Crippen LogP contribution in [0.2, 0.25) is 0 Å². The number of thioether (sulfide) groups is 1. The first kappa shape index (κ1) is 24.0. The van der Waals surface area contributed by atoms with Crippen molar-refractivity contribution in [1.82, 2.24) is 0 Å². The lowest BCUT2D eigenvalue weighted by Gasteiger charge is -2.16. The smallest absolute Gasteiger partial charge is 0.338 e. The van der Waals surface area contributed by atoms with Crippen LogP contribution >= 0.6 is 11.8 Å². The molecule has 0 spiro atoms. The van der Waals surface area contributed by atoms with Crippen LogP contribution in [-0.4, -0.2) is 54.9 Å². The molecule has 2 aromatic rings. The highest BCUT2D eigenvalue weighted by molar-refractivity contribution is 8.15. The summed E-state index contributed by atoms with van der Waals surface area (Å²) in [5.41, 5.74) is 1.81. The van der Waals surface area contributed by atoms with E-state index in [1.165, 1.54) is 19.2 Å². The van der Waals surface area contributed by atoms with Gasteiger partial charge in [-0.2, -0.15) is 0 Å². The quantitative estimate of drug-likeness (QED) is 0.297. The molecular formula is C23H23N3O6S. The number of esters is 2. The van der Waals surface area contributed by atoms with E-state index in [4.69, 9.17) is 4.74 Å². The molecule has 172 valence electrons. The third-order valence-electron chi connectivity index (χ3n) is 4.76.